The van der Waals surface area contributed by atoms with Crippen LogP contribution in [0, 0.1) is 10.1 Å². The molecule has 1 amide bonds. The van der Waals surface area contributed by atoms with E-state index in [1.165, 1.54) is 23.5 Å². The minimum Gasteiger partial charge on any atom is -0.494 e. The SMILES string of the molecule is CCN(CC)CCN(C(=O)c1ccc([N+](=O)[O-])s1)c1nc2c(OC)cccc2s1. The molecule has 3 rings (SSSR count). The smallest absolute Gasteiger partial charge is 0.324 e. The maximum atomic E-state index is 13.2. The molecular weight excluding hydrogens is 412 g/mol. The number of amides is 1. The molecule has 10 heteroatoms. The number of methoxy groups -OCH3 is 1. The molecule has 0 aliphatic rings. The molecule has 8 nitrogen and oxygen atoms in total. The maximum Gasteiger partial charge on any atom is 0.324 e. The van der Waals surface area contributed by atoms with Gasteiger partial charge in [0.1, 0.15) is 11.3 Å². The normalized spacial score (nSPS) is 11.2. The highest BCUT2D eigenvalue weighted by Crippen LogP contribution is 2.35. The van der Waals surface area contributed by atoms with Gasteiger partial charge in [-0.15, -0.1) is 0 Å². The van der Waals surface area contributed by atoms with Crippen molar-refractivity contribution in [2.45, 2.75) is 13.8 Å². The summed E-state index contributed by atoms with van der Waals surface area (Å²) in [7, 11) is 1.59. The number of hydrogen-bond donors (Lipinski definition) is 0. The number of anilines is 1. The molecule has 0 saturated heterocycles. The van der Waals surface area contributed by atoms with E-state index in [9.17, 15) is 14.9 Å². The number of ether oxygens (including phenoxy) is 1. The van der Waals surface area contributed by atoms with E-state index in [1.807, 2.05) is 18.2 Å². The topological polar surface area (TPSA) is 88.8 Å². The number of carbonyl (C=O) groups is 1. The van der Waals surface area contributed by atoms with Gasteiger partial charge in [0.2, 0.25) is 0 Å². The van der Waals surface area contributed by atoms with E-state index >= 15 is 0 Å². The lowest BCUT2D eigenvalue weighted by atomic mass is 10.3. The van der Waals surface area contributed by atoms with Crippen LogP contribution in [-0.2, 0) is 0 Å². The Balaban J connectivity index is 1.98. The number of thiazole rings is 1. The number of thiophene rings is 1. The third-order valence-electron chi connectivity index (χ3n) is 4.58. The Hall–Kier alpha value is -2.56. The van der Waals surface area contributed by atoms with Gasteiger partial charge < -0.3 is 9.64 Å². The molecule has 0 atom stereocenters. The third-order valence-corrected chi connectivity index (χ3v) is 6.65. The molecule has 0 spiro atoms. The zero-order valence-electron chi connectivity index (χ0n) is 16.5. The first-order valence-electron chi connectivity index (χ1n) is 9.20. The van der Waals surface area contributed by atoms with Crippen molar-refractivity contribution in [1.82, 2.24) is 9.88 Å². The lowest BCUT2D eigenvalue weighted by molar-refractivity contribution is -0.380. The predicted molar refractivity (Wildman–Crippen MR) is 117 cm³/mol. The molecule has 0 aliphatic heterocycles. The summed E-state index contributed by atoms with van der Waals surface area (Å²) >= 11 is 2.28. The molecule has 0 bridgehead atoms. The minimum atomic E-state index is -0.482. The molecule has 2 aromatic heterocycles. The molecular formula is C19H22N4O4S2. The first-order chi connectivity index (χ1) is 14.0. The Morgan fingerprint density at radius 3 is 2.55 bits per heavy atom. The number of hydrogen-bond acceptors (Lipinski definition) is 8. The van der Waals surface area contributed by atoms with Crippen LogP contribution in [-0.4, -0.2) is 54.0 Å². The highest BCUT2D eigenvalue weighted by molar-refractivity contribution is 7.22. The number of para-hydroxylation sites is 1. The molecule has 154 valence electrons. The number of fused-ring (bicyclic) bond motifs is 1. The quantitative estimate of drug-likeness (QED) is 0.369. The Morgan fingerprint density at radius 2 is 1.93 bits per heavy atom. The number of likely N-dealkylation sites (N-methyl/N-ethyl adjacent to an activating group) is 1. The number of nitrogens with zero attached hydrogens (tertiary/aromatic N) is 4. The standard InChI is InChI=1S/C19H22N4O4S2/c1-4-21(5-2)11-12-22(18(24)15-9-10-16(28-15)23(25)26)19-20-17-13(27-3)7-6-8-14(17)29-19/h6-10H,4-5,11-12H2,1-3H3. The average Bonchev–Trinajstić information content (AvgIpc) is 3.38. The van der Waals surface area contributed by atoms with Crippen molar-refractivity contribution in [3.63, 3.8) is 0 Å². The second kappa shape index (κ2) is 9.29. The number of benzene rings is 1. The highest BCUT2D eigenvalue weighted by atomic mass is 32.1. The van der Waals surface area contributed by atoms with Crippen molar-refractivity contribution < 1.29 is 14.5 Å². The summed E-state index contributed by atoms with van der Waals surface area (Å²) in [6.07, 6.45) is 0. The number of rotatable bonds is 9. The number of nitro groups is 1. The number of carbonyl (C=O) groups excluding carboxylic acids is 1. The van der Waals surface area contributed by atoms with Crippen molar-refractivity contribution >= 4 is 48.9 Å². The van der Waals surface area contributed by atoms with Gasteiger partial charge in [0.25, 0.3) is 5.91 Å². The number of aromatic nitrogens is 1. The Bertz CT molecular complexity index is 1010. The van der Waals surface area contributed by atoms with Gasteiger partial charge in [-0.05, 0) is 31.3 Å². The summed E-state index contributed by atoms with van der Waals surface area (Å²) in [6.45, 7) is 7.00. The van der Waals surface area contributed by atoms with Crippen LogP contribution >= 0.6 is 22.7 Å². The van der Waals surface area contributed by atoms with Gasteiger partial charge in [0.15, 0.2) is 5.13 Å². The van der Waals surface area contributed by atoms with Gasteiger partial charge in [0, 0.05) is 19.2 Å². The van der Waals surface area contributed by atoms with E-state index in [2.05, 4.69) is 23.7 Å². The van der Waals surface area contributed by atoms with E-state index in [1.54, 1.807) is 12.0 Å². The van der Waals surface area contributed by atoms with Crippen molar-refractivity contribution in [3.8, 4) is 5.75 Å². The summed E-state index contributed by atoms with van der Waals surface area (Å²) < 4.78 is 6.30. The molecule has 0 fully saturated rings. The molecule has 1 aromatic carbocycles. The van der Waals surface area contributed by atoms with Crippen molar-refractivity contribution in [2.24, 2.45) is 0 Å². The van der Waals surface area contributed by atoms with Crippen LogP contribution in [0.1, 0.15) is 23.5 Å². The van der Waals surface area contributed by atoms with Gasteiger partial charge >= 0.3 is 5.00 Å². The fraction of sp³-hybridized carbons (Fsp3) is 0.368. The van der Waals surface area contributed by atoms with E-state index in [4.69, 9.17) is 4.74 Å². The summed E-state index contributed by atoms with van der Waals surface area (Å²) in [4.78, 5) is 32.6. The van der Waals surface area contributed by atoms with Gasteiger partial charge in [-0.1, -0.05) is 42.6 Å². The van der Waals surface area contributed by atoms with Crippen molar-refractivity contribution in [3.05, 3.63) is 45.3 Å². The molecule has 3 aromatic rings. The van der Waals surface area contributed by atoms with Crippen molar-refractivity contribution in [2.75, 3.05) is 38.2 Å². The molecule has 29 heavy (non-hydrogen) atoms. The fourth-order valence-corrected chi connectivity index (χ4v) is 4.71. The lowest BCUT2D eigenvalue weighted by Gasteiger charge is -2.24. The average molecular weight is 435 g/mol. The van der Waals surface area contributed by atoms with E-state index in [-0.39, 0.29) is 10.9 Å². The molecule has 0 N–H and O–H groups in total. The highest BCUT2D eigenvalue weighted by Gasteiger charge is 2.25. The van der Waals surface area contributed by atoms with Crippen molar-refractivity contribution in [1.29, 1.82) is 0 Å². The van der Waals surface area contributed by atoms with Gasteiger partial charge in [-0.3, -0.25) is 19.8 Å². The molecule has 0 saturated carbocycles. The summed E-state index contributed by atoms with van der Waals surface area (Å²) in [5.74, 6) is 0.362. The molecule has 0 aliphatic carbocycles. The first-order valence-corrected chi connectivity index (χ1v) is 10.8. The van der Waals surface area contributed by atoms with E-state index in [0.29, 0.717) is 34.4 Å². The predicted octanol–water partition coefficient (Wildman–Crippen LogP) is 4.26. The van der Waals surface area contributed by atoms with Crippen LogP contribution in [0.2, 0.25) is 0 Å². The third kappa shape index (κ3) is 4.55. The minimum absolute atomic E-state index is 0.0528. The monoisotopic (exact) mass is 434 g/mol. The van der Waals surface area contributed by atoms with Gasteiger partial charge in [-0.25, -0.2) is 4.98 Å². The molecule has 0 radical (unpaired) electrons. The van der Waals surface area contributed by atoms with Gasteiger partial charge in [0.05, 0.1) is 21.6 Å². The zero-order chi connectivity index (χ0) is 21.0. The van der Waals surface area contributed by atoms with Crippen LogP contribution in [0.15, 0.2) is 30.3 Å². The van der Waals surface area contributed by atoms with E-state index in [0.717, 1.165) is 29.1 Å². The lowest BCUT2D eigenvalue weighted by Crippen LogP contribution is -2.38. The summed E-state index contributed by atoms with van der Waals surface area (Å²) in [6, 6.07) is 8.51. The fourth-order valence-electron chi connectivity index (χ4n) is 2.93. The van der Waals surface area contributed by atoms with Crippen LogP contribution in [0.5, 0.6) is 5.75 Å². The second-order valence-corrected chi connectivity index (χ2v) is 8.25. The maximum absolute atomic E-state index is 13.2. The Kier molecular flexibility index (Phi) is 6.78. The summed E-state index contributed by atoms with van der Waals surface area (Å²) in [5.41, 5.74) is 0.702. The zero-order valence-corrected chi connectivity index (χ0v) is 18.1. The largest absolute Gasteiger partial charge is 0.494 e. The van der Waals surface area contributed by atoms with E-state index < -0.39 is 4.92 Å². The Labute approximate surface area is 176 Å². The second-order valence-electron chi connectivity index (χ2n) is 6.18. The molecule has 0 unspecified atom stereocenters. The van der Waals surface area contributed by atoms with Crippen LogP contribution < -0.4 is 9.64 Å². The first kappa shape index (κ1) is 21.2. The van der Waals surface area contributed by atoms with Gasteiger partial charge in [-0.2, -0.15) is 0 Å². The van der Waals surface area contributed by atoms with Crippen LogP contribution in [0.25, 0.3) is 10.2 Å². The Morgan fingerprint density at radius 1 is 1.17 bits per heavy atom. The molecule has 2 heterocycles. The summed E-state index contributed by atoms with van der Waals surface area (Å²) in [5, 5.41) is 11.5. The van der Waals surface area contributed by atoms with Crippen LogP contribution in [0.3, 0.4) is 0 Å². The van der Waals surface area contributed by atoms with Crippen LogP contribution in [0.4, 0.5) is 10.1 Å².